The van der Waals surface area contributed by atoms with Crippen molar-refractivity contribution in [1.29, 1.82) is 0 Å². The summed E-state index contributed by atoms with van der Waals surface area (Å²) in [6.45, 7) is 13.0. The lowest BCUT2D eigenvalue weighted by Crippen LogP contribution is -2.45. The van der Waals surface area contributed by atoms with Gasteiger partial charge in [-0.2, -0.15) is 0 Å². The fourth-order valence-corrected chi connectivity index (χ4v) is 3.74. The lowest BCUT2D eigenvalue weighted by atomic mass is 9.59. The smallest absolute Gasteiger partial charge is 0.334 e. The average molecular weight is 248 g/mol. The minimum atomic E-state index is -0.223. The van der Waals surface area contributed by atoms with Gasteiger partial charge in [-0.1, -0.05) is 19.6 Å². The largest absolute Gasteiger partial charge is 0.458 e. The van der Waals surface area contributed by atoms with Crippen molar-refractivity contribution in [3.05, 3.63) is 24.8 Å². The summed E-state index contributed by atoms with van der Waals surface area (Å²) < 4.78 is 11.1. The molecule has 1 aliphatic carbocycles. The molecule has 5 atom stereocenters. The number of allylic oxidation sites excluding steroid dienone is 1. The molecule has 98 valence electrons. The van der Waals surface area contributed by atoms with Crippen molar-refractivity contribution in [3.63, 3.8) is 0 Å². The second-order valence-electron chi connectivity index (χ2n) is 6.38. The topological polar surface area (TPSA) is 38.8 Å². The van der Waals surface area contributed by atoms with Crippen molar-refractivity contribution in [2.45, 2.75) is 38.4 Å². The minimum absolute atomic E-state index is 0.0217. The molecule has 0 aromatic rings. The highest BCUT2D eigenvalue weighted by Gasteiger charge is 2.59. The maximum absolute atomic E-state index is 11.6. The van der Waals surface area contributed by atoms with E-state index in [9.17, 15) is 4.79 Å². The third-order valence-corrected chi connectivity index (χ3v) is 5.15. The van der Waals surface area contributed by atoms with Gasteiger partial charge in [0.25, 0.3) is 0 Å². The number of epoxide rings is 1. The van der Waals surface area contributed by atoms with E-state index in [-0.39, 0.29) is 29.0 Å². The van der Waals surface area contributed by atoms with Crippen LogP contribution in [0.25, 0.3) is 0 Å². The van der Waals surface area contributed by atoms with Crippen LogP contribution in [0.5, 0.6) is 0 Å². The van der Waals surface area contributed by atoms with Crippen molar-refractivity contribution >= 4 is 5.97 Å². The van der Waals surface area contributed by atoms with Crippen molar-refractivity contribution in [2.75, 3.05) is 6.61 Å². The van der Waals surface area contributed by atoms with Gasteiger partial charge in [0, 0.05) is 11.5 Å². The van der Waals surface area contributed by atoms with Crippen LogP contribution >= 0.6 is 0 Å². The number of esters is 1. The first-order valence-electron chi connectivity index (χ1n) is 6.57. The van der Waals surface area contributed by atoms with Crippen LogP contribution in [-0.2, 0) is 14.3 Å². The number of rotatable bonds is 2. The zero-order chi connectivity index (χ0) is 13.1. The highest BCUT2D eigenvalue weighted by molar-refractivity contribution is 5.90. The van der Waals surface area contributed by atoms with Crippen LogP contribution in [-0.4, -0.2) is 24.3 Å². The van der Waals surface area contributed by atoms with E-state index in [2.05, 4.69) is 27.0 Å². The Kier molecular flexibility index (Phi) is 2.31. The van der Waals surface area contributed by atoms with Crippen LogP contribution in [0.4, 0.5) is 0 Å². The SMILES string of the molecule is C=C[C@]1(C)C[C@H]2OC(=O)C(=C)[C@H]2C[C@H]1C1(C)CO1. The van der Waals surface area contributed by atoms with Gasteiger partial charge in [0.2, 0.25) is 0 Å². The number of ether oxygens (including phenoxy) is 2. The van der Waals surface area contributed by atoms with Crippen LogP contribution in [0, 0.1) is 17.3 Å². The van der Waals surface area contributed by atoms with Crippen LogP contribution in [0.2, 0.25) is 0 Å². The molecule has 0 bridgehead atoms. The summed E-state index contributed by atoms with van der Waals surface area (Å²) >= 11 is 0. The highest BCUT2D eigenvalue weighted by atomic mass is 16.6. The molecule has 0 amide bonds. The summed E-state index contributed by atoms with van der Waals surface area (Å²) in [6.07, 6.45) is 3.73. The molecule has 3 rings (SSSR count). The zero-order valence-electron chi connectivity index (χ0n) is 11.1. The quantitative estimate of drug-likeness (QED) is 0.326. The van der Waals surface area contributed by atoms with Crippen molar-refractivity contribution in [1.82, 2.24) is 0 Å². The monoisotopic (exact) mass is 248 g/mol. The van der Waals surface area contributed by atoms with Gasteiger partial charge >= 0.3 is 5.97 Å². The fraction of sp³-hybridized carbons (Fsp3) is 0.667. The molecule has 0 aromatic heterocycles. The Balaban J connectivity index is 1.93. The Bertz CT molecular complexity index is 435. The molecule has 0 radical (unpaired) electrons. The van der Waals surface area contributed by atoms with Gasteiger partial charge in [0.1, 0.15) is 6.10 Å². The van der Waals surface area contributed by atoms with Crippen LogP contribution in [0.1, 0.15) is 26.7 Å². The molecule has 1 saturated carbocycles. The molecular weight excluding hydrogens is 228 g/mol. The van der Waals surface area contributed by atoms with E-state index in [1.165, 1.54) is 0 Å². The van der Waals surface area contributed by atoms with Crippen molar-refractivity contribution in [3.8, 4) is 0 Å². The lowest BCUT2D eigenvalue weighted by molar-refractivity contribution is -0.141. The summed E-state index contributed by atoms with van der Waals surface area (Å²) in [5.74, 6) is 0.325. The van der Waals surface area contributed by atoms with E-state index in [0.717, 1.165) is 19.4 Å². The van der Waals surface area contributed by atoms with Gasteiger partial charge in [-0.15, -0.1) is 6.58 Å². The Morgan fingerprint density at radius 1 is 1.44 bits per heavy atom. The number of hydrogen-bond donors (Lipinski definition) is 0. The Morgan fingerprint density at radius 2 is 2.11 bits per heavy atom. The van der Waals surface area contributed by atoms with E-state index in [4.69, 9.17) is 9.47 Å². The summed E-state index contributed by atoms with van der Waals surface area (Å²) in [6, 6.07) is 0. The van der Waals surface area contributed by atoms with Gasteiger partial charge in [-0.05, 0) is 31.1 Å². The molecule has 2 aliphatic heterocycles. The van der Waals surface area contributed by atoms with Crippen LogP contribution < -0.4 is 0 Å². The van der Waals surface area contributed by atoms with Gasteiger partial charge in [-0.25, -0.2) is 4.79 Å². The van der Waals surface area contributed by atoms with Crippen LogP contribution in [0.3, 0.4) is 0 Å². The predicted molar refractivity (Wildman–Crippen MR) is 67.9 cm³/mol. The number of fused-ring (bicyclic) bond motifs is 1. The molecule has 3 aliphatic rings. The summed E-state index contributed by atoms with van der Waals surface area (Å²) in [5, 5.41) is 0. The van der Waals surface area contributed by atoms with E-state index in [1.54, 1.807) is 0 Å². The molecule has 18 heavy (non-hydrogen) atoms. The highest BCUT2D eigenvalue weighted by Crippen LogP contribution is 2.57. The molecule has 2 heterocycles. The van der Waals surface area contributed by atoms with E-state index in [0.29, 0.717) is 11.5 Å². The predicted octanol–water partition coefficient (Wildman–Crippen LogP) is 2.48. The molecule has 1 unspecified atom stereocenters. The van der Waals surface area contributed by atoms with Gasteiger partial charge in [0.15, 0.2) is 0 Å². The van der Waals surface area contributed by atoms with Crippen molar-refractivity contribution in [2.24, 2.45) is 17.3 Å². The molecule has 3 fully saturated rings. The number of carbonyl (C=O) groups excluding carboxylic acids is 1. The molecule has 0 spiro atoms. The molecule has 0 aromatic carbocycles. The number of hydrogen-bond acceptors (Lipinski definition) is 3. The Hall–Kier alpha value is -1.09. The average Bonchev–Trinajstić information content (AvgIpc) is 3.01. The minimum Gasteiger partial charge on any atom is -0.458 e. The Morgan fingerprint density at radius 3 is 2.67 bits per heavy atom. The second-order valence-corrected chi connectivity index (χ2v) is 6.38. The molecule has 3 heteroatoms. The molecule has 3 nitrogen and oxygen atoms in total. The standard InChI is InChI=1S/C15H20O3/c1-5-14(3)7-11-10(9(2)13(16)18-11)6-12(14)15(4)8-17-15/h5,10-12H,1-2,6-8H2,3-4H3/t10-,11-,12-,14-,15?/m1/s1. The van der Waals surface area contributed by atoms with Crippen LogP contribution in [0.15, 0.2) is 24.8 Å². The summed E-state index contributed by atoms with van der Waals surface area (Å²) in [4.78, 5) is 11.6. The number of carbonyl (C=O) groups is 1. The normalized spacial score (nSPS) is 50.7. The van der Waals surface area contributed by atoms with Gasteiger partial charge < -0.3 is 9.47 Å². The molecular formula is C15H20O3. The molecule has 2 saturated heterocycles. The maximum atomic E-state index is 11.6. The van der Waals surface area contributed by atoms with Crippen molar-refractivity contribution < 1.29 is 14.3 Å². The third kappa shape index (κ3) is 1.50. The van der Waals surface area contributed by atoms with Gasteiger partial charge in [0.05, 0.1) is 12.2 Å². The third-order valence-electron chi connectivity index (χ3n) is 5.15. The second kappa shape index (κ2) is 3.47. The first-order chi connectivity index (χ1) is 8.39. The summed E-state index contributed by atoms with van der Waals surface area (Å²) in [7, 11) is 0. The van der Waals surface area contributed by atoms with E-state index < -0.39 is 0 Å². The zero-order valence-corrected chi connectivity index (χ0v) is 11.1. The first-order valence-corrected chi connectivity index (χ1v) is 6.57. The fourth-order valence-electron chi connectivity index (χ4n) is 3.74. The lowest BCUT2D eigenvalue weighted by Gasteiger charge is -2.45. The maximum Gasteiger partial charge on any atom is 0.334 e. The summed E-state index contributed by atoms with van der Waals surface area (Å²) in [5.41, 5.74) is 0.553. The van der Waals surface area contributed by atoms with Gasteiger partial charge in [-0.3, -0.25) is 0 Å². The van der Waals surface area contributed by atoms with E-state index >= 15 is 0 Å². The first kappa shape index (κ1) is 12.0. The molecule has 0 N–H and O–H groups in total. The Labute approximate surface area is 108 Å². The van der Waals surface area contributed by atoms with E-state index in [1.807, 2.05) is 6.08 Å².